The number of nitrogens with zero attached hydrogens (tertiary/aromatic N) is 1. The van der Waals surface area contributed by atoms with Crippen LogP contribution in [-0.4, -0.2) is 41.6 Å². The maximum atomic E-state index is 13.2. The average Bonchev–Trinajstić information content (AvgIpc) is 2.93. The molecule has 0 unspecified atom stereocenters. The lowest BCUT2D eigenvalue weighted by Crippen LogP contribution is -2.39. The molecule has 2 heterocycles. The second-order valence-corrected chi connectivity index (χ2v) is 4.93. The van der Waals surface area contributed by atoms with E-state index in [0.29, 0.717) is 12.5 Å². The normalized spacial score (nSPS) is 26.4. The summed E-state index contributed by atoms with van der Waals surface area (Å²) in [6.45, 7) is 2.40. The maximum Gasteiger partial charge on any atom is 0.258 e. The molecule has 2 fully saturated rings. The number of fused-ring (bicyclic) bond motifs is 1. The highest BCUT2D eigenvalue weighted by Gasteiger charge is 2.40. The number of likely N-dealkylation sites (tertiary alicyclic amines) is 1. The summed E-state index contributed by atoms with van der Waals surface area (Å²) in [6, 6.07) is 3.66. The lowest BCUT2D eigenvalue weighted by molar-refractivity contribution is 0.0733. The van der Waals surface area contributed by atoms with Crippen molar-refractivity contribution in [1.29, 1.82) is 0 Å². The minimum absolute atomic E-state index is 0.0579. The zero-order valence-corrected chi connectivity index (χ0v) is 9.90. The fraction of sp³-hybridized carbons (Fsp3) is 0.462. The standard InChI is InChI=1S/C13H15FN2O2/c14-9-1-2-12(17)10(5-9)13(18)16-4-3-8-6-15-7-11(8)16/h1-2,5,8,11,15,17H,3-4,6-7H2/t8-,11+/m0/s1. The number of hydrogen-bond acceptors (Lipinski definition) is 3. The number of nitrogens with one attached hydrogen (secondary N) is 1. The van der Waals surface area contributed by atoms with E-state index in [-0.39, 0.29) is 23.3 Å². The monoisotopic (exact) mass is 250 g/mol. The van der Waals surface area contributed by atoms with E-state index in [9.17, 15) is 14.3 Å². The Morgan fingerprint density at radius 3 is 3.11 bits per heavy atom. The summed E-state index contributed by atoms with van der Waals surface area (Å²) >= 11 is 0. The molecule has 2 saturated heterocycles. The average molecular weight is 250 g/mol. The van der Waals surface area contributed by atoms with Crippen molar-refractivity contribution in [2.45, 2.75) is 12.5 Å². The largest absolute Gasteiger partial charge is 0.507 e. The molecule has 2 aliphatic heterocycles. The van der Waals surface area contributed by atoms with Gasteiger partial charge < -0.3 is 15.3 Å². The summed E-state index contributed by atoms with van der Waals surface area (Å²) in [5, 5.41) is 12.9. The van der Waals surface area contributed by atoms with Crippen molar-refractivity contribution in [1.82, 2.24) is 10.2 Å². The molecule has 2 atom stereocenters. The van der Waals surface area contributed by atoms with Gasteiger partial charge in [0, 0.05) is 25.7 Å². The zero-order chi connectivity index (χ0) is 12.7. The summed E-state index contributed by atoms with van der Waals surface area (Å²) in [4.78, 5) is 14.1. The molecular weight excluding hydrogens is 235 g/mol. The molecule has 18 heavy (non-hydrogen) atoms. The van der Waals surface area contributed by atoms with Crippen LogP contribution < -0.4 is 5.32 Å². The quantitative estimate of drug-likeness (QED) is 0.780. The van der Waals surface area contributed by atoms with E-state index in [0.717, 1.165) is 31.6 Å². The first-order valence-electron chi connectivity index (χ1n) is 6.17. The lowest BCUT2D eigenvalue weighted by Gasteiger charge is -2.23. The molecule has 96 valence electrons. The Labute approximate surface area is 104 Å². The van der Waals surface area contributed by atoms with E-state index in [1.165, 1.54) is 6.07 Å². The second kappa shape index (κ2) is 4.24. The van der Waals surface area contributed by atoms with Gasteiger partial charge in [-0.1, -0.05) is 0 Å². The van der Waals surface area contributed by atoms with Crippen LogP contribution in [0.5, 0.6) is 5.75 Å². The van der Waals surface area contributed by atoms with Crippen molar-refractivity contribution in [3.8, 4) is 5.75 Å². The van der Waals surface area contributed by atoms with Gasteiger partial charge in [-0.25, -0.2) is 4.39 Å². The fourth-order valence-electron chi connectivity index (χ4n) is 2.94. The van der Waals surface area contributed by atoms with E-state index in [1.807, 2.05) is 0 Å². The third kappa shape index (κ3) is 1.75. The first-order chi connectivity index (χ1) is 8.66. The van der Waals surface area contributed by atoms with Gasteiger partial charge in [0.1, 0.15) is 11.6 Å². The Bertz CT molecular complexity index is 492. The fourth-order valence-corrected chi connectivity index (χ4v) is 2.94. The van der Waals surface area contributed by atoms with E-state index < -0.39 is 5.82 Å². The predicted octanol–water partition coefficient (Wildman–Crippen LogP) is 0.965. The van der Waals surface area contributed by atoms with Crippen LogP contribution in [0.25, 0.3) is 0 Å². The van der Waals surface area contributed by atoms with Crippen molar-refractivity contribution in [3.63, 3.8) is 0 Å². The molecule has 3 rings (SSSR count). The van der Waals surface area contributed by atoms with Gasteiger partial charge in [-0.3, -0.25) is 4.79 Å². The van der Waals surface area contributed by atoms with Gasteiger partial charge in [-0.2, -0.15) is 0 Å². The minimum Gasteiger partial charge on any atom is -0.507 e. The number of phenolic OH excluding ortho intramolecular Hbond substituents is 1. The number of rotatable bonds is 1. The third-order valence-corrected chi connectivity index (χ3v) is 3.90. The van der Waals surface area contributed by atoms with Gasteiger partial charge in [0.2, 0.25) is 0 Å². The second-order valence-electron chi connectivity index (χ2n) is 4.93. The van der Waals surface area contributed by atoms with Crippen LogP contribution in [0.15, 0.2) is 18.2 Å². The number of halogens is 1. The minimum atomic E-state index is -0.503. The highest BCUT2D eigenvalue weighted by molar-refractivity contribution is 5.97. The molecule has 0 aromatic heterocycles. The van der Waals surface area contributed by atoms with Gasteiger partial charge in [-0.15, -0.1) is 0 Å². The number of carbonyl (C=O) groups excluding carboxylic acids is 1. The Hall–Kier alpha value is -1.62. The van der Waals surface area contributed by atoms with Gasteiger partial charge in [0.25, 0.3) is 5.91 Å². The molecule has 0 radical (unpaired) electrons. The smallest absolute Gasteiger partial charge is 0.258 e. The van der Waals surface area contributed by atoms with Crippen LogP contribution in [-0.2, 0) is 0 Å². The lowest BCUT2D eigenvalue weighted by atomic mass is 10.0. The molecular formula is C13H15FN2O2. The van der Waals surface area contributed by atoms with Crippen molar-refractivity contribution in [2.75, 3.05) is 19.6 Å². The molecule has 1 amide bonds. The number of benzene rings is 1. The Kier molecular flexibility index (Phi) is 2.70. The molecule has 0 aliphatic carbocycles. The molecule has 1 aromatic carbocycles. The SMILES string of the molecule is O=C(c1cc(F)ccc1O)N1CC[C@H]2CNC[C@H]21. The maximum absolute atomic E-state index is 13.2. The molecule has 1 aromatic rings. The third-order valence-electron chi connectivity index (χ3n) is 3.90. The highest BCUT2D eigenvalue weighted by Crippen LogP contribution is 2.30. The van der Waals surface area contributed by atoms with Gasteiger partial charge in [0.15, 0.2) is 0 Å². The summed E-state index contributed by atoms with van der Waals surface area (Å²) in [6.07, 6.45) is 0.972. The topological polar surface area (TPSA) is 52.6 Å². The van der Waals surface area contributed by atoms with Crippen LogP contribution in [0, 0.1) is 11.7 Å². The van der Waals surface area contributed by atoms with Crippen LogP contribution in [0.2, 0.25) is 0 Å². The summed E-state index contributed by atoms with van der Waals surface area (Å²) in [7, 11) is 0. The number of carbonyl (C=O) groups is 1. The summed E-state index contributed by atoms with van der Waals surface area (Å²) < 4.78 is 13.2. The first-order valence-corrected chi connectivity index (χ1v) is 6.17. The molecule has 2 N–H and O–H groups in total. The Balaban J connectivity index is 1.88. The van der Waals surface area contributed by atoms with Crippen LogP contribution in [0.3, 0.4) is 0 Å². The molecule has 0 bridgehead atoms. The molecule has 4 nitrogen and oxygen atoms in total. The summed E-state index contributed by atoms with van der Waals surface area (Å²) in [5.41, 5.74) is 0.0579. The Morgan fingerprint density at radius 1 is 1.44 bits per heavy atom. The van der Waals surface area contributed by atoms with Gasteiger partial charge in [0.05, 0.1) is 5.56 Å². The van der Waals surface area contributed by atoms with E-state index in [4.69, 9.17) is 0 Å². The van der Waals surface area contributed by atoms with Gasteiger partial charge in [-0.05, 0) is 30.5 Å². The highest BCUT2D eigenvalue weighted by atomic mass is 19.1. The van der Waals surface area contributed by atoms with Crippen LogP contribution >= 0.6 is 0 Å². The number of amides is 1. The first kappa shape index (κ1) is 11.5. The molecule has 0 spiro atoms. The molecule has 0 saturated carbocycles. The molecule has 2 aliphatic rings. The number of phenols is 1. The van der Waals surface area contributed by atoms with Gasteiger partial charge >= 0.3 is 0 Å². The predicted molar refractivity (Wildman–Crippen MR) is 63.9 cm³/mol. The Morgan fingerprint density at radius 2 is 2.28 bits per heavy atom. The number of aromatic hydroxyl groups is 1. The van der Waals surface area contributed by atoms with Crippen LogP contribution in [0.1, 0.15) is 16.8 Å². The van der Waals surface area contributed by atoms with Crippen molar-refractivity contribution in [2.24, 2.45) is 5.92 Å². The van der Waals surface area contributed by atoms with Crippen molar-refractivity contribution in [3.05, 3.63) is 29.6 Å². The van der Waals surface area contributed by atoms with Crippen molar-refractivity contribution < 1.29 is 14.3 Å². The molecule has 5 heteroatoms. The summed E-state index contributed by atoms with van der Waals surface area (Å²) in [5.74, 6) is -0.444. The van der Waals surface area contributed by atoms with E-state index in [2.05, 4.69) is 5.32 Å². The van der Waals surface area contributed by atoms with Crippen LogP contribution in [0.4, 0.5) is 4.39 Å². The zero-order valence-electron chi connectivity index (χ0n) is 9.90. The van der Waals surface area contributed by atoms with Crippen molar-refractivity contribution >= 4 is 5.91 Å². The number of hydrogen-bond donors (Lipinski definition) is 2. The van der Waals surface area contributed by atoms with E-state index in [1.54, 1.807) is 4.90 Å². The van der Waals surface area contributed by atoms with E-state index >= 15 is 0 Å².